The van der Waals surface area contributed by atoms with Crippen LogP contribution < -0.4 is 5.32 Å². The largest absolute Gasteiger partial charge is 0.313 e. The van der Waals surface area contributed by atoms with Crippen LogP contribution in [0, 0.1) is 0 Å². The number of nitrogens with one attached hydrogen (secondary N) is 1. The van der Waals surface area contributed by atoms with Gasteiger partial charge in [0, 0.05) is 29.0 Å². The number of hydrogen-bond acceptors (Lipinski definition) is 4. The Morgan fingerprint density at radius 1 is 1.39 bits per heavy atom. The molecule has 1 N–H and O–H groups in total. The van der Waals surface area contributed by atoms with Crippen LogP contribution in [0.4, 0.5) is 0 Å². The minimum atomic E-state index is 0.167. The van der Waals surface area contributed by atoms with Gasteiger partial charge in [-0.25, -0.2) is 4.98 Å². The van der Waals surface area contributed by atoms with Crippen LogP contribution in [0.1, 0.15) is 45.3 Å². The maximum Gasteiger partial charge on any atom is 0.0944 e. The minimum Gasteiger partial charge on any atom is -0.313 e. The van der Waals surface area contributed by atoms with Gasteiger partial charge in [0.1, 0.15) is 0 Å². The zero-order valence-corrected chi connectivity index (χ0v) is 13.9. The van der Waals surface area contributed by atoms with Crippen molar-refractivity contribution in [2.75, 3.05) is 18.1 Å². The Morgan fingerprint density at radius 3 is 2.61 bits per heavy atom. The van der Waals surface area contributed by atoms with Gasteiger partial charge in [-0.3, -0.25) is 0 Å². The molecule has 2 nitrogen and oxygen atoms in total. The van der Waals surface area contributed by atoms with Crippen molar-refractivity contribution in [2.24, 2.45) is 0 Å². The SMILES string of the molecule is CCNC(CSCC)Cc1nc(C(C)(C)C)cs1. The fraction of sp³-hybridized carbons (Fsp3) is 0.786. The summed E-state index contributed by atoms with van der Waals surface area (Å²) in [5.74, 6) is 2.36. The normalized spacial score (nSPS) is 13.8. The summed E-state index contributed by atoms with van der Waals surface area (Å²) in [7, 11) is 0. The minimum absolute atomic E-state index is 0.167. The molecular formula is C14H26N2S2. The highest BCUT2D eigenvalue weighted by Crippen LogP contribution is 2.24. The molecule has 0 amide bonds. The van der Waals surface area contributed by atoms with Crippen molar-refractivity contribution in [3.63, 3.8) is 0 Å². The Hall–Kier alpha value is -0.0600. The second-order valence-electron chi connectivity index (χ2n) is 5.49. The maximum absolute atomic E-state index is 4.78. The molecule has 0 aliphatic carbocycles. The summed E-state index contributed by atoms with van der Waals surface area (Å²) >= 11 is 3.81. The molecule has 0 bridgehead atoms. The monoisotopic (exact) mass is 286 g/mol. The standard InChI is InChI=1S/C14H26N2S2/c1-6-15-11(9-17-7-2)8-13-16-12(10-18-13)14(3,4)5/h10-11,15H,6-9H2,1-5H3. The first-order chi connectivity index (χ1) is 8.47. The zero-order valence-electron chi connectivity index (χ0n) is 12.2. The molecule has 104 valence electrons. The molecule has 1 rings (SSSR count). The van der Waals surface area contributed by atoms with E-state index in [2.05, 4.69) is 45.3 Å². The fourth-order valence-electron chi connectivity index (χ4n) is 1.70. The van der Waals surface area contributed by atoms with Gasteiger partial charge in [0.2, 0.25) is 0 Å². The zero-order chi connectivity index (χ0) is 13.6. The van der Waals surface area contributed by atoms with Crippen LogP contribution in [0.25, 0.3) is 0 Å². The van der Waals surface area contributed by atoms with Crippen LogP contribution in [0.5, 0.6) is 0 Å². The lowest BCUT2D eigenvalue weighted by Crippen LogP contribution is -2.33. The van der Waals surface area contributed by atoms with E-state index in [4.69, 9.17) is 4.98 Å². The highest BCUT2D eigenvalue weighted by atomic mass is 32.2. The lowest BCUT2D eigenvalue weighted by Gasteiger charge is -2.16. The second-order valence-corrected chi connectivity index (χ2v) is 7.76. The summed E-state index contributed by atoms with van der Waals surface area (Å²) in [5.41, 5.74) is 1.39. The van der Waals surface area contributed by atoms with Gasteiger partial charge in [0.15, 0.2) is 0 Å². The average Bonchev–Trinajstić information content (AvgIpc) is 2.74. The maximum atomic E-state index is 4.78. The van der Waals surface area contributed by atoms with Crippen LogP contribution in [0.15, 0.2) is 5.38 Å². The molecule has 0 saturated carbocycles. The van der Waals surface area contributed by atoms with E-state index in [9.17, 15) is 0 Å². The lowest BCUT2D eigenvalue weighted by atomic mass is 9.93. The quantitative estimate of drug-likeness (QED) is 0.827. The molecule has 0 aliphatic rings. The van der Waals surface area contributed by atoms with Gasteiger partial charge in [-0.1, -0.05) is 34.6 Å². The highest BCUT2D eigenvalue weighted by Gasteiger charge is 2.18. The summed E-state index contributed by atoms with van der Waals surface area (Å²) in [6.45, 7) is 12.1. The molecule has 0 radical (unpaired) electrons. The molecule has 0 saturated heterocycles. The predicted molar refractivity (Wildman–Crippen MR) is 85.0 cm³/mol. The predicted octanol–water partition coefficient (Wildman–Crippen LogP) is 3.71. The fourth-order valence-corrected chi connectivity index (χ4v) is 3.56. The van der Waals surface area contributed by atoms with Crippen molar-refractivity contribution in [1.29, 1.82) is 0 Å². The Morgan fingerprint density at radius 2 is 2.11 bits per heavy atom. The summed E-state index contributed by atoms with van der Waals surface area (Å²) in [5, 5.41) is 7.04. The average molecular weight is 287 g/mol. The van der Waals surface area contributed by atoms with Gasteiger partial charge in [-0.15, -0.1) is 11.3 Å². The van der Waals surface area contributed by atoms with Gasteiger partial charge >= 0.3 is 0 Å². The molecule has 0 aromatic carbocycles. The number of nitrogens with zero attached hydrogens (tertiary/aromatic N) is 1. The molecule has 18 heavy (non-hydrogen) atoms. The Kier molecular flexibility index (Phi) is 6.67. The van der Waals surface area contributed by atoms with Gasteiger partial charge in [-0.2, -0.15) is 11.8 Å². The number of thiazole rings is 1. The third kappa shape index (κ3) is 5.29. The molecule has 1 aromatic heterocycles. The summed E-state index contributed by atoms with van der Waals surface area (Å²) in [6.07, 6.45) is 1.06. The van der Waals surface area contributed by atoms with E-state index in [1.807, 2.05) is 11.8 Å². The van der Waals surface area contributed by atoms with Gasteiger partial charge < -0.3 is 5.32 Å². The van der Waals surface area contributed by atoms with E-state index >= 15 is 0 Å². The van der Waals surface area contributed by atoms with Crippen molar-refractivity contribution < 1.29 is 0 Å². The smallest absolute Gasteiger partial charge is 0.0944 e. The van der Waals surface area contributed by atoms with Crippen molar-refractivity contribution in [3.8, 4) is 0 Å². The second kappa shape index (κ2) is 7.51. The summed E-state index contributed by atoms with van der Waals surface area (Å²) in [6, 6.07) is 0.555. The van der Waals surface area contributed by atoms with Crippen molar-refractivity contribution in [3.05, 3.63) is 16.1 Å². The van der Waals surface area contributed by atoms with Gasteiger partial charge in [0.25, 0.3) is 0 Å². The van der Waals surface area contributed by atoms with Crippen molar-refractivity contribution >= 4 is 23.1 Å². The molecule has 4 heteroatoms. The van der Waals surface area contributed by atoms with Crippen LogP contribution in [0.3, 0.4) is 0 Å². The third-order valence-corrected chi connectivity index (χ3v) is 4.67. The Balaban J connectivity index is 2.60. The van der Waals surface area contributed by atoms with E-state index in [1.165, 1.54) is 22.2 Å². The van der Waals surface area contributed by atoms with E-state index in [0.717, 1.165) is 13.0 Å². The first-order valence-electron chi connectivity index (χ1n) is 6.73. The number of likely N-dealkylation sites (N-methyl/N-ethyl adjacent to an activating group) is 1. The molecule has 0 aliphatic heterocycles. The molecule has 1 heterocycles. The van der Waals surface area contributed by atoms with Crippen LogP contribution in [0.2, 0.25) is 0 Å². The lowest BCUT2D eigenvalue weighted by molar-refractivity contribution is 0.554. The Bertz CT molecular complexity index is 342. The molecular weight excluding hydrogens is 260 g/mol. The molecule has 0 spiro atoms. The number of rotatable bonds is 7. The number of hydrogen-bond donors (Lipinski definition) is 1. The number of thioether (sulfide) groups is 1. The van der Waals surface area contributed by atoms with E-state index in [-0.39, 0.29) is 5.41 Å². The molecule has 1 unspecified atom stereocenters. The van der Waals surface area contributed by atoms with Gasteiger partial charge in [-0.05, 0) is 12.3 Å². The van der Waals surface area contributed by atoms with Crippen molar-refractivity contribution in [2.45, 2.75) is 52.5 Å². The number of aromatic nitrogens is 1. The van der Waals surface area contributed by atoms with E-state index in [1.54, 1.807) is 11.3 Å². The topological polar surface area (TPSA) is 24.9 Å². The van der Waals surface area contributed by atoms with Crippen LogP contribution in [-0.4, -0.2) is 29.1 Å². The van der Waals surface area contributed by atoms with Crippen LogP contribution in [-0.2, 0) is 11.8 Å². The van der Waals surface area contributed by atoms with E-state index < -0.39 is 0 Å². The van der Waals surface area contributed by atoms with E-state index in [0.29, 0.717) is 6.04 Å². The van der Waals surface area contributed by atoms with Crippen molar-refractivity contribution in [1.82, 2.24) is 10.3 Å². The molecule has 1 aromatic rings. The highest BCUT2D eigenvalue weighted by molar-refractivity contribution is 7.99. The summed E-state index contributed by atoms with van der Waals surface area (Å²) in [4.78, 5) is 4.78. The van der Waals surface area contributed by atoms with Gasteiger partial charge in [0.05, 0.1) is 10.7 Å². The molecule has 0 fully saturated rings. The third-order valence-electron chi connectivity index (χ3n) is 2.76. The Labute approximate surface area is 120 Å². The summed E-state index contributed by atoms with van der Waals surface area (Å²) < 4.78 is 0. The van der Waals surface area contributed by atoms with Crippen LogP contribution >= 0.6 is 23.1 Å². The first kappa shape index (κ1) is 16.0. The molecule has 1 atom stereocenters. The first-order valence-corrected chi connectivity index (χ1v) is 8.76.